The van der Waals surface area contributed by atoms with Gasteiger partial charge in [-0.3, -0.25) is 18.9 Å². The Morgan fingerprint density at radius 1 is 1.25 bits per heavy atom. The number of aromatic nitrogens is 2. The minimum atomic E-state index is -5.84. The summed E-state index contributed by atoms with van der Waals surface area (Å²) >= 11 is 4.89. The maximum Gasteiger partial charge on any atom is 0.490 e. The van der Waals surface area contributed by atoms with Crippen molar-refractivity contribution in [3.8, 4) is 0 Å². The Bertz CT molecular complexity index is 1170. The molecule has 0 radical (unpaired) electrons. The summed E-state index contributed by atoms with van der Waals surface area (Å²) in [5, 5.41) is 23.7. The molecular weight excluding hydrogens is 527 g/mol. The van der Waals surface area contributed by atoms with Gasteiger partial charge in [0.2, 0.25) is 5.72 Å². The Hall–Kier alpha value is -1.30. The number of nitrogens with zero attached hydrogens (tertiary/aromatic N) is 4. The van der Waals surface area contributed by atoms with Crippen LogP contribution in [0.1, 0.15) is 6.23 Å². The molecule has 0 saturated carbocycles. The van der Waals surface area contributed by atoms with Gasteiger partial charge >= 0.3 is 23.5 Å². The van der Waals surface area contributed by atoms with E-state index in [1.165, 1.54) is 0 Å². The Balaban J connectivity index is 2.28. The zero-order valence-corrected chi connectivity index (χ0v) is 18.6. The highest BCUT2D eigenvalue weighted by Crippen LogP contribution is 2.66. The lowest BCUT2D eigenvalue weighted by atomic mass is 10.1. The molecule has 1 aromatic heterocycles. The quantitative estimate of drug-likeness (QED) is 0.0682. The molecule has 0 bridgehead atoms. The van der Waals surface area contributed by atoms with Gasteiger partial charge in [-0.05, 0) is 17.7 Å². The predicted octanol–water partition coefficient (Wildman–Crippen LogP) is -0.494. The van der Waals surface area contributed by atoms with E-state index in [9.17, 15) is 33.6 Å². The second-order valence-electron chi connectivity index (χ2n) is 5.86. The fraction of sp³-hybridized carbons (Fsp3) is 0.556. The third-order valence-corrected chi connectivity index (χ3v) is 7.69. The molecule has 1 aromatic rings. The molecule has 7 N–H and O–H groups in total. The summed E-state index contributed by atoms with van der Waals surface area (Å²) in [5.74, 6) is 0. The van der Waals surface area contributed by atoms with Gasteiger partial charge in [0.15, 0.2) is 11.0 Å². The van der Waals surface area contributed by atoms with E-state index in [-0.39, 0.29) is 4.77 Å². The lowest BCUT2D eigenvalue weighted by molar-refractivity contribution is -0.122. The summed E-state index contributed by atoms with van der Waals surface area (Å²) in [7, 11) is -17.2. The number of phosphoric acid groups is 3. The molecular formula is C9H14N5O14P3S. The molecule has 1 fully saturated rings. The van der Waals surface area contributed by atoms with Crippen LogP contribution in [0.2, 0.25) is 0 Å². The van der Waals surface area contributed by atoms with Crippen LogP contribution in [-0.2, 0) is 31.6 Å². The van der Waals surface area contributed by atoms with E-state index in [1.54, 1.807) is 0 Å². The molecule has 1 aliphatic heterocycles. The molecule has 23 heteroatoms. The Kier molecular flexibility index (Phi) is 8.01. The maximum absolute atomic E-state index is 11.9. The molecule has 180 valence electrons. The maximum atomic E-state index is 11.9. The van der Waals surface area contributed by atoms with Crippen molar-refractivity contribution in [2.75, 3.05) is 6.61 Å². The van der Waals surface area contributed by atoms with Crippen LogP contribution in [-0.4, -0.2) is 63.9 Å². The van der Waals surface area contributed by atoms with E-state index >= 15 is 0 Å². The number of H-pyrrole nitrogens is 1. The fourth-order valence-corrected chi connectivity index (χ4v) is 5.71. The van der Waals surface area contributed by atoms with Crippen LogP contribution in [0.3, 0.4) is 0 Å². The number of nitrogens with one attached hydrogen (secondary N) is 1. The number of phosphoric ester groups is 1. The third-order valence-electron chi connectivity index (χ3n) is 3.59. The largest absolute Gasteiger partial charge is 0.490 e. The minimum Gasteiger partial charge on any atom is -0.387 e. The molecule has 2 rings (SSSR count). The van der Waals surface area contributed by atoms with Crippen molar-refractivity contribution >= 4 is 35.7 Å². The highest BCUT2D eigenvalue weighted by molar-refractivity contribution is 7.71. The summed E-state index contributed by atoms with van der Waals surface area (Å²) in [4.78, 5) is 51.5. The SMILES string of the molecule is [N-]=[N+]=N[C@]1(COP(=O)(O)OP(=O)(O)OP(=O)(O)O)O[C@@H](n2ccc(=O)[nH]c2=S)[C@H](O)[C@@H]1O. The Morgan fingerprint density at radius 2 is 1.88 bits per heavy atom. The van der Waals surface area contributed by atoms with Gasteiger partial charge in [0.25, 0.3) is 5.56 Å². The van der Waals surface area contributed by atoms with Crippen molar-refractivity contribution in [3.05, 3.63) is 37.8 Å². The highest BCUT2D eigenvalue weighted by Gasteiger charge is 2.56. The molecule has 6 atom stereocenters. The van der Waals surface area contributed by atoms with E-state index < -0.39 is 59.8 Å². The van der Waals surface area contributed by atoms with E-state index in [1.807, 2.05) is 0 Å². The first-order valence-electron chi connectivity index (χ1n) is 7.71. The first-order valence-corrected chi connectivity index (χ1v) is 12.6. The predicted molar refractivity (Wildman–Crippen MR) is 99.7 cm³/mol. The molecule has 2 heterocycles. The number of hydrogen-bond acceptors (Lipinski definition) is 12. The van der Waals surface area contributed by atoms with Gasteiger partial charge < -0.3 is 34.5 Å². The number of hydrogen-bond donors (Lipinski definition) is 7. The first kappa shape index (κ1) is 26.9. The zero-order valence-electron chi connectivity index (χ0n) is 15.1. The van der Waals surface area contributed by atoms with Crippen molar-refractivity contribution in [3.63, 3.8) is 0 Å². The average molecular weight is 541 g/mol. The van der Waals surface area contributed by atoms with E-state index in [0.29, 0.717) is 0 Å². The van der Waals surface area contributed by atoms with E-state index in [4.69, 9.17) is 37.2 Å². The van der Waals surface area contributed by atoms with Crippen LogP contribution in [0, 0.1) is 4.77 Å². The number of azide groups is 1. The molecule has 32 heavy (non-hydrogen) atoms. The van der Waals surface area contributed by atoms with Gasteiger partial charge in [0, 0.05) is 17.2 Å². The number of ether oxygens (including phenoxy) is 1. The van der Waals surface area contributed by atoms with E-state index in [2.05, 4.69) is 28.2 Å². The van der Waals surface area contributed by atoms with Crippen LogP contribution in [0.25, 0.3) is 10.4 Å². The summed E-state index contributed by atoms with van der Waals surface area (Å²) in [6.45, 7) is -1.40. The lowest BCUT2D eigenvalue weighted by Crippen LogP contribution is -2.44. The highest BCUT2D eigenvalue weighted by atomic mass is 32.1. The molecule has 1 saturated heterocycles. The van der Waals surface area contributed by atoms with Crippen molar-refractivity contribution in [2.24, 2.45) is 5.11 Å². The van der Waals surface area contributed by atoms with Crippen LogP contribution < -0.4 is 5.56 Å². The lowest BCUT2D eigenvalue weighted by Gasteiger charge is -2.27. The van der Waals surface area contributed by atoms with Crippen molar-refractivity contribution in [1.29, 1.82) is 0 Å². The monoisotopic (exact) mass is 541 g/mol. The van der Waals surface area contributed by atoms with Crippen LogP contribution >= 0.6 is 35.7 Å². The molecule has 19 nitrogen and oxygen atoms in total. The van der Waals surface area contributed by atoms with Crippen molar-refractivity contribution in [1.82, 2.24) is 9.55 Å². The smallest absolute Gasteiger partial charge is 0.387 e. The number of aliphatic hydroxyl groups excluding tert-OH is 2. The van der Waals surface area contributed by atoms with Crippen LogP contribution in [0.15, 0.2) is 22.2 Å². The second kappa shape index (κ2) is 9.52. The van der Waals surface area contributed by atoms with Crippen molar-refractivity contribution < 1.29 is 61.4 Å². The van der Waals surface area contributed by atoms with Crippen LogP contribution in [0.5, 0.6) is 0 Å². The fourth-order valence-electron chi connectivity index (χ4n) is 2.40. The summed E-state index contributed by atoms with van der Waals surface area (Å²) < 4.78 is 51.2. The molecule has 0 aromatic carbocycles. The Morgan fingerprint density at radius 3 is 2.41 bits per heavy atom. The summed E-state index contributed by atoms with van der Waals surface area (Å²) in [6, 6.07) is 0.970. The minimum absolute atomic E-state index is 0.293. The van der Waals surface area contributed by atoms with Gasteiger partial charge in [0.1, 0.15) is 12.2 Å². The van der Waals surface area contributed by atoms with Gasteiger partial charge in [0.05, 0.1) is 6.61 Å². The topological polar surface area (TPSA) is 296 Å². The van der Waals surface area contributed by atoms with Crippen LogP contribution in [0.4, 0.5) is 0 Å². The Labute approximate surface area is 180 Å². The zero-order chi connectivity index (χ0) is 24.5. The standard InChI is InChI=1S/C9H14N5O14P3S/c10-13-12-9(3-25-30(21,22)28-31(23,24)27-29(18,19)20)6(17)5(16)7(26-9)14-2-1-4(15)11-8(14)32/h1-2,5-7,16-17H,3H2,(H,21,22)(H,23,24)(H,11,15,32)(H2,18,19,20)/t5-,6+,7-,9-/m1/s1. The average Bonchev–Trinajstić information content (AvgIpc) is 2.83. The third kappa shape index (κ3) is 6.61. The molecule has 0 spiro atoms. The second-order valence-corrected chi connectivity index (χ2v) is 10.7. The normalized spacial score (nSPS) is 29.6. The number of rotatable bonds is 9. The van der Waals surface area contributed by atoms with Gasteiger partial charge in [-0.2, -0.15) is 8.62 Å². The summed E-state index contributed by atoms with van der Waals surface area (Å²) in [6.07, 6.45) is -4.63. The first-order chi connectivity index (χ1) is 14.5. The summed E-state index contributed by atoms with van der Waals surface area (Å²) in [5.41, 5.74) is 5.53. The number of aromatic amines is 1. The van der Waals surface area contributed by atoms with E-state index in [0.717, 1.165) is 16.8 Å². The molecule has 0 amide bonds. The number of aliphatic hydroxyl groups is 2. The molecule has 1 aliphatic rings. The van der Waals surface area contributed by atoms with Gasteiger partial charge in [-0.15, -0.1) is 0 Å². The van der Waals surface area contributed by atoms with Gasteiger partial charge in [-0.1, -0.05) is 5.11 Å². The van der Waals surface area contributed by atoms with Gasteiger partial charge in [-0.25, -0.2) is 13.7 Å². The molecule has 2 unspecified atom stereocenters. The van der Waals surface area contributed by atoms with Crippen molar-refractivity contribution in [2.45, 2.75) is 24.2 Å². The molecule has 0 aliphatic carbocycles.